The summed E-state index contributed by atoms with van der Waals surface area (Å²) in [5.41, 5.74) is -0.152. The lowest BCUT2D eigenvalue weighted by Gasteiger charge is -2.37. The monoisotopic (exact) mass is 256 g/mol. The van der Waals surface area contributed by atoms with Gasteiger partial charge in [-0.05, 0) is 46.2 Å². The van der Waals surface area contributed by atoms with Crippen LogP contribution in [0.15, 0.2) is 0 Å². The molecule has 18 heavy (non-hydrogen) atoms. The topological polar surface area (TPSA) is 50.4 Å². The predicted molar refractivity (Wildman–Crippen MR) is 73.5 cm³/mol. The van der Waals surface area contributed by atoms with Gasteiger partial charge in [0.15, 0.2) is 0 Å². The third-order valence-corrected chi connectivity index (χ3v) is 3.72. The summed E-state index contributed by atoms with van der Waals surface area (Å²) in [6.07, 6.45) is 3.96. The molecule has 1 amide bonds. The molecule has 1 aliphatic heterocycles. The highest BCUT2D eigenvalue weighted by Crippen LogP contribution is 2.34. The zero-order valence-electron chi connectivity index (χ0n) is 12.1. The molecule has 0 bridgehead atoms. The van der Waals surface area contributed by atoms with Crippen molar-refractivity contribution in [3.63, 3.8) is 0 Å². The molecule has 0 spiro atoms. The smallest absolute Gasteiger partial charge is 0.226 e. The Bertz CT molecular complexity index is 245. The second-order valence-electron chi connectivity index (χ2n) is 5.31. The molecule has 0 radical (unpaired) electrons. The van der Waals surface area contributed by atoms with E-state index in [1.807, 2.05) is 13.8 Å². The van der Waals surface area contributed by atoms with Gasteiger partial charge < -0.3 is 15.4 Å². The van der Waals surface area contributed by atoms with Crippen molar-refractivity contribution in [2.45, 2.75) is 52.5 Å². The van der Waals surface area contributed by atoms with Crippen molar-refractivity contribution in [1.29, 1.82) is 0 Å². The van der Waals surface area contributed by atoms with Crippen LogP contribution < -0.4 is 10.6 Å². The van der Waals surface area contributed by atoms with E-state index in [1.165, 1.54) is 0 Å². The van der Waals surface area contributed by atoms with Crippen LogP contribution in [0.5, 0.6) is 0 Å². The maximum Gasteiger partial charge on any atom is 0.226 e. The lowest BCUT2D eigenvalue weighted by molar-refractivity contribution is -0.134. The fourth-order valence-corrected chi connectivity index (χ4v) is 2.69. The fourth-order valence-electron chi connectivity index (χ4n) is 2.69. The molecule has 4 nitrogen and oxygen atoms in total. The fraction of sp³-hybridized carbons (Fsp3) is 0.929. The highest BCUT2D eigenvalue weighted by Gasteiger charge is 2.38. The van der Waals surface area contributed by atoms with Gasteiger partial charge in [-0.3, -0.25) is 4.79 Å². The van der Waals surface area contributed by atoms with Crippen LogP contribution in [-0.4, -0.2) is 38.3 Å². The van der Waals surface area contributed by atoms with Gasteiger partial charge in [-0.15, -0.1) is 0 Å². The van der Waals surface area contributed by atoms with Crippen molar-refractivity contribution in [3.05, 3.63) is 0 Å². The third kappa shape index (κ3) is 4.25. The average Bonchev–Trinajstić information content (AvgIpc) is 2.37. The number of carbonyl (C=O) groups is 1. The molecular weight excluding hydrogens is 228 g/mol. The zero-order valence-corrected chi connectivity index (χ0v) is 12.1. The quantitative estimate of drug-likeness (QED) is 0.729. The molecule has 0 saturated carbocycles. The van der Waals surface area contributed by atoms with Gasteiger partial charge in [0.05, 0.1) is 12.0 Å². The summed E-state index contributed by atoms with van der Waals surface area (Å²) in [4.78, 5) is 12.5. The van der Waals surface area contributed by atoms with Crippen LogP contribution >= 0.6 is 0 Å². The van der Waals surface area contributed by atoms with Gasteiger partial charge in [-0.25, -0.2) is 0 Å². The zero-order chi connectivity index (χ0) is 13.4. The van der Waals surface area contributed by atoms with Crippen molar-refractivity contribution in [1.82, 2.24) is 10.6 Å². The lowest BCUT2D eigenvalue weighted by Crippen LogP contribution is -2.50. The minimum atomic E-state index is -0.152. The van der Waals surface area contributed by atoms with E-state index in [1.54, 1.807) is 0 Å². The van der Waals surface area contributed by atoms with Crippen molar-refractivity contribution in [2.75, 3.05) is 26.3 Å². The predicted octanol–water partition coefficient (Wildman–Crippen LogP) is 1.70. The normalized spacial score (nSPS) is 20.4. The van der Waals surface area contributed by atoms with E-state index in [2.05, 4.69) is 17.6 Å². The van der Waals surface area contributed by atoms with Crippen LogP contribution in [0.2, 0.25) is 0 Å². The van der Waals surface area contributed by atoms with Crippen LogP contribution in [0.4, 0.5) is 0 Å². The Kier molecular flexibility index (Phi) is 6.65. The number of piperidine rings is 1. The first kappa shape index (κ1) is 15.4. The number of hydrogen-bond donors (Lipinski definition) is 2. The number of rotatable bonds is 7. The van der Waals surface area contributed by atoms with Gasteiger partial charge in [-0.2, -0.15) is 0 Å². The maximum absolute atomic E-state index is 12.5. The van der Waals surface area contributed by atoms with E-state index >= 15 is 0 Å². The molecule has 1 unspecified atom stereocenters. The molecule has 1 atom stereocenters. The Morgan fingerprint density at radius 1 is 1.39 bits per heavy atom. The molecular formula is C14H28N2O2. The van der Waals surface area contributed by atoms with Crippen LogP contribution in [0.1, 0.15) is 46.5 Å². The lowest BCUT2D eigenvalue weighted by atomic mass is 9.74. The summed E-state index contributed by atoms with van der Waals surface area (Å²) in [5, 5.41) is 6.45. The second-order valence-corrected chi connectivity index (χ2v) is 5.31. The molecule has 0 aromatic carbocycles. The van der Waals surface area contributed by atoms with Crippen LogP contribution in [-0.2, 0) is 9.53 Å². The Hall–Kier alpha value is -0.610. The van der Waals surface area contributed by atoms with Gasteiger partial charge in [0.1, 0.15) is 0 Å². The molecule has 2 N–H and O–H groups in total. The summed E-state index contributed by atoms with van der Waals surface area (Å²) in [5.74, 6) is 0.220. The van der Waals surface area contributed by atoms with E-state index in [0.717, 1.165) is 38.8 Å². The van der Waals surface area contributed by atoms with E-state index in [9.17, 15) is 4.79 Å². The van der Waals surface area contributed by atoms with Gasteiger partial charge >= 0.3 is 0 Å². The van der Waals surface area contributed by atoms with Crippen LogP contribution in [0.25, 0.3) is 0 Å². The summed E-state index contributed by atoms with van der Waals surface area (Å²) < 4.78 is 5.35. The largest absolute Gasteiger partial charge is 0.380 e. The van der Waals surface area contributed by atoms with Crippen molar-refractivity contribution >= 4 is 5.91 Å². The van der Waals surface area contributed by atoms with Gasteiger partial charge in [-0.1, -0.05) is 13.3 Å². The molecule has 1 aliphatic rings. The number of carbonyl (C=O) groups excluding carboxylic acids is 1. The van der Waals surface area contributed by atoms with Crippen molar-refractivity contribution in [2.24, 2.45) is 5.41 Å². The standard InChI is InChI=1S/C14H28N2O2/c1-4-6-14(7-9-15-10-8-14)13(17)16-12(3)11-18-5-2/h12,15H,4-11H2,1-3H3,(H,16,17). The SMILES string of the molecule is CCCC1(C(=O)NC(C)COCC)CCNCC1. The first-order chi connectivity index (χ1) is 8.64. The van der Waals surface area contributed by atoms with Gasteiger partial charge in [0, 0.05) is 12.6 Å². The molecule has 1 heterocycles. The van der Waals surface area contributed by atoms with Crippen molar-refractivity contribution < 1.29 is 9.53 Å². The Morgan fingerprint density at radius 2 is 2.06 bits per heavy atom. The minimum Gasteiger partial charge on any atom is -0.380 e. The highest BCUT2D eigenvalue weighted by atomic mass is 16.5. The maximum atomic E-state index is 12.5. The summed E-state index contributed by atoms with van der Waals surface area (Å²) >= 11 is 0. The van der Waals surface area contributed by atoms with E-state index in [4.69, 9.17) is 4.74 Å². The summed E-state index contributed by atoms with van der Waals surface area (Å²) in [7, 11) is 0. The van der Waals surface area contributed by atoms with Gasteiger partial charge in [0.2, 0.25) is 5.91 Å². The van der Waals surface area contributed by atoms with Gasteiger partial charge in [0.25, 0.3) is 0 Å². The molecule has 0 aromatic rings. The molecule has 1 rings (SSSR count). The molecule has 4 heteroatoms. The first-order valence-electron chi connectivity index (χ1n) is 7.24. The summed E-state index contributed by atoms with van der Waals surface area (Å²) in [6.45, 7) is 9.34. The van der Waals surface area contributed by atoms with Crippen molar-refractivity contribution in [3.8, 4) is 0 Å². The third-order valence-electron chi connectivity index (χ3n) is 3.72. The number of hydrogen-bond acceptors (Lipinski definition) is 3. The molecule has 0 aromatic heterocycles. The first-order valence-corrected chi connectivity index (χ1v) is 7.24. The number of nitrogens with one attached hydrogen (secondary N) is 2. The number of amides is 1. The Morgan fingerprint density at radius 3 is 2.61 bits per heavy atom. The van der Waals surface area contributed by atoms with E-state index < -0.39 is 0 Å². The average molecular weight is 256 g/mol. The summed E-state index contributed by atoms with van der Waals surface area (Å²) in [6, 6.07) is 0.0982. The second kappa shape index (κ2) is 7.74. The molecule has 0 aliphatic carbocycles. The van der Waals surface area contributed by atoms with Crippen LogP contribution in [0.3, 0.4) is 0 Å². The van der Waals surface area contributed by atoms with Crippen LogP contribution in [0, 0.1) is 5.41 Å². The number of ether oxygens (including phenoxy) is 1. The van der Waals surface area contributed by atoms with E-state index in [0.29, 0.717) is 13.2 Å². The molecule has 1 saturated heterocycles. The van der Waals surface area contributed by atoms with E-state index in [-0.39, 0.29) is 17.4 Å². The Balaban J connectivity index is 2.53. The molecule has 106 valence electrons. The Labute approximate surface area is 111 Å². The molecule has 1 fully saturated rings. The highest BCUT2D eigenvalue weighted by molar-refractivity contribution is 5.83. The minimum absolute atomic E-state index is 0.0982.